The molecule has 2 aliphatic heterocycles. The van der Waals surface area contributed by atoms with Crippen molar-refractivity contribution in [2.45, 2.75) is 68.4 Å². The molecule has 3 aliphatic rings. The number of urea groups is 1. The Bertz CT molecular complexity index is 815. The van der Waals surface area contributed by atoms with Crippen LogP contribution < -0.4 is 14.9 Å². The van der Waals surface area contributed by atoms with E-state index < -0.39 is 10.0 Å². The van der Waals surface area contributed by atoms with Gasteiger partial charge in [0.25, 0.3) is 0 Å². The number of anilines is 1. The van der Waals surface area contributed by atoms with E-state index in [-0.39, 0.29) is 23.1 Å². The van der Waals surface area contributed by atoms with Crippen molar-refractivity contribution in [1.82, 2.24) is 10.0 Å². The Morgan fingerprint density at radius 3 is 2.71 bits per heavy atom. The second-order valence-corrected chi connectivity index (χ2v) is 9.73. The van der Waals surface area contributed by atoms with Gasteiger partial charge in [-0.05, 0) is 55.9 Å². The van der Waals surface area contributed by atoms with Gasteiger partial charge >= 0.3 is 6.03 Å². The number of rotatable bonds is 5. The second-order valence-electron chi connectivity index (χ2n) is 7.96. The molecule has 0 unspecified atom stereocenters. The number of carbonyl (C=O) groups is 1. The van der Waals surface area contributed by atoms with Crippen LogP contribution in [0.2, 0.25) is 0 Å². The molecule has 1 aromatic carbocycles. The van der Waals surface area contributed by atoms with Crippen molar-refractivity contribution in [2.24, 2.45) is 0 Å². The van der Waals surface area contributed by atoms with Gasteiger partial charge in [0.2, 0.25) is 10.0 Å². The minimum Gasteiger partial charge on any atom is -0.377 e. The zero-order valence-corrected chi connectivity index (χ0v) is 17.0. The lowest BCUT2D eigenvalue weighted by atomic mass is 9.96. The van der Waals surface area contributed by atoms with E-state index in [1.54, 1.807) is 23.1 Å². The van der Waals surface area contributed by atoms with E-state index >= 15 is 0 Å². The molecule has 2 amide bonds. The maximum absolute atomic E-state index is 12.7. The van der Waals surface area contributed by atoms with Crippen LogP contribution >= 0.6 is 0 Å². The van der Waals surface area contributed by atoms with Crippen LogP contribution in [0.4, 0.5) is 10.5 Å². The van der Waals surface area contributed by atoms with Crippen molar-refractivity contribution in [2.75, 3.05) is 24.6 Å². The first kappa shape index (κ1) is 19.7. The van der Waals surface area contributed by atoms with Gasteiger partial charge in [0, 0.05) is 31.4 Å². The summed E-state index contributed by atoms with van der Waals surface area (Å²) in [5.41, 5.74) is 1.71. The van der Waals surface area contributed by atoms with E-state index in [1.807, 2.05) is 0 Å². The number of nitrogens with zero attached hydrogens (tertiary/aromatic N) is 1. The molecule has 8 heteroatoms. The van der Waals surface area contributed by atoms with Crippen LogP contribution in [0, 0.1) is 0 Å². The first-order chi connectivity index (χ1) is 13.5. The Morgan fingerprint density at radius 2 is 1.96 bits per heavy atom. The van der Waals surface area contributed by atoms with Gasteiger partial charge < -0.3 is 10.1 Å². The van der Waals surface area contributed by atoms with Gasteiger partial charge in [0.15, 0.2) is 0 Å². The minimum absolute atomic E-state index is 0.0387. The number of hydrogen-bond acceptors (Lipinski definition) is 4. The molecule has 0 radical (unpaired) electrons. The average Bonchev–Trinajstić information content (AvgIpc) is 3.36. The number of carbonyl (C=O) groups excluding carboxylic acids is 1. The molecule has 2 N–H and O–H groups in total. The molecule has 1 saturated carbocycles. The summed E-state index contributed by atoms with van der Waals surface area (Å²) in [5.74, 6) is 0. The Balaban J connectivity index is 1.41. The Labute approximate surface area is 166 Å². The van der Waals surface area contributed by atoms with E-state index in [1.165, 1.54) is 19.3 Å². The van der Waals surface area contributed by atoms with Gasteiger partial charge in [-0.2, -0.15) is 0 Å². The normalized spacial score (nSPS) is 23.0. The number of amides is 2. The van der Waals surface area contributed by atoms with Crippen LogP contribution in [0.25, 0.3) is 0 Å². The summed E-state index contributed by atoms with van der Waals surface area (Å²) < 4.78 is 33.3. The topological polar surface area (TPSA) is 87.7 Å². The van der Waals surface area contributed by atoms with Crippen molar-refractivity contribution in [3.8, 4) is 0 Å². The molecular formula is C20H29N3O4S. The lowest BCUT2D eigenvalue weighted by Crippen LogP contribution is -2.45. The monoisotopic (exact) mass is 407 g/mol. The minimum atomic E-state index is -3.58. The zero-order chi connectivity index (χ0) is 19.6. The quantitative estimate of drug-likeness (QED) is 0.785. The Morgan fingerprint density at radius 1 is 1.14 bits per heavy atom. The van der Waals surface area contributed by atoms with Crippen LogP contribution in [0.5, 0.6) is 0 Å². The summed E-state index contributed by atoms with van der Waals surface area (Å²) in [4.78, 5) is 14.7. The van der Waals surface area contributed by atoms with E-state index in [0.29, 0.717) is 26.1 Å². The number of benzene rings is 1. The Hall–Kier alpha value is -1.64. The number of nitrogens with one attached hydrogen (secondary N) is 2. The summed E-state index contributed by atoms with van der Waals surface area (Å²) in [7, 11) is -3.58. The number of sulfonamides is 1. The van der Waals surface area contributed by atoms with Gasteiger partial charge in [-0.15, -0.1) is 0 Å². The molecule has 4 rings (SSSR count). The Kier molecular flexibility index (Phi) is 5.89. The summed E-state index contributed by atoms with van der Waals surface area (Å²) >= 11 is 0. The smallest absolute Gasteiger partial charge is 0.322 e. The summed E-state index contributed by atoms with van der Waals surface area (Å²) in [6.07, 6.45) is 8.16. The molecule has 7 nitrogen and oxygen atoms in total. The highest BCUT2D eigenvalue weighted by atomic mass is 32.2. The van der Waals surface area contributed by atoms with E-state index in [0.717, 1.165) is 36.9 Å². The molecule has 1 aromatic rings. The fourth-order valence-corrected chi connectivity index (χ4v) is 5.46. The second kappa shape index (κ2) is 8.39. The highest BCUT2D eigenvalue weighted by Gasteiger charge is 2.28. The molecule has 1 aliphatic carbocycles. The maximum Gasteiger partial charge on any atom is 0.322 e. The molecule has 28 heavy (non-hydrogen) atoms. The third-order valence-electron chi connectivity index (χ3n) is 5.96. The largest absolute Gasteiger partial charge is 0.377 e. The number of hydrogen-bond donors (Lipinski definition) is 2. The number of ether oxygens (including phenoxy) is 1. The molecule has 0 aromatic heterocycles. The molecule has 2 fully saturated rings. The van der Waals surface area contributed by atoms with Crippen LogP contribution in [-0.4, -0.2) is 46.3 Å². The van der Waals surface area contributed by atoms with Crippen molar-refractivity contribution >= 4 is 21.7 Å². The van der Waals surface area contributed by atoms with Crippen LogP contribution in [-0.2, 0) is 21.2 Å². The van der Waals surface area contributed by atoms with Crippen molar-refractivity contribution in [1.29, 1.82) is 0 Å². The summed E-state index contributed by atoms with van der Waals surface area (Å²) in [6.45, 7) is 1.58. The fourth-order valence-electron chi connectivity index (χ4n) is 4.35. The first-order valence-corrected chi connectivity index (χ1v) is 11.8. The van der Waals surface area contributed by atoms with Crippen molar-refractivity contribution in [3.05, 3.63) is 23.8 Å². The lowest BCUT2D eigenvalue weighted by molar-refractivity contribution is 0.114. The van der Waals surface area contributed by atoms with Gasteiger partial charge in [-0.1, -0.05) is 19.3 Å². The van der Waals surface area contributed by atoms with Crippen LogP contribution in [0.15, 0.2) is 23.1 Å². The van der Waals surface area contributed by atoms with E-state index in [2.05, 4.69) is 10.0 Å². The molecule has 0 spiro atoms. The summed E-state index contributed by atoms with van der Waals surface area (Å²) in [6, 6.07) is 5.22. The molecule has 2 heterocycles. The van der Waals surface area contributed by atoms with Gasteiger partial charge in [0.05, 0.1) is 11.0 Å². The fraction of sp³-hybridized carbons (Fsp3) is 0.650. The van der Waals surface area contributed by atoms with Crippen molar-refractivity contribution < 1.29 is 17.9 Å². The van der Waals surface area contributed by atoms with Gasteiger partial charge in [0.1, 0.15) is 0 Å². The third-order valence-corrected chi connectivity index (χ3v) is 7.38. The van der Waals surface area contributed by atoms with Crippen molar-refractivity contribution in [3.63, 3.8) is 0 Å². The molecule has 1 atom stereocenters. The predicted octanol–water partition coefficient (Wildman–Crippen LogP) is 2.55. The highest BCUT2D eigenvalue weighted by molar-refractivity contribution is 7.89. The molecular weight excluding hydrogens is 378 g/mol. The standard InChI is InChI=1S/C20H29N3O4S/c24-20(22-16-5-2-1-3-6-16)23-11-10-15-13-18(8-9-19(15)23)28(25,26)21-14-17-7-4-12-27-17/h8-9,13,16-17,21H,1-7,10-12,14H2,(H,22,24)/t17-/m1/s1. The van der Waals surface area contributed by atoms with Gasteiger partial charge in [-0.25, -0.2) is 17.9 Å². The highest BCUT2D eigenvalue weighted by Crippen LogP contribution is 2.30. The van der Waals surface area contributed by atoms with Crippen LogP contribution in [0.3, 0.4) is 0 Å². The first-order valence-electron chi connectivity index (χ1n) is 10.4. The zero-order valence-electron chi connectivity index (χ0n) is 16.2. The molecule has 154 valence electrons. The lowest BCUT2D eigenvalue weighted by Gasteiger charge is -2.26. The SMILES string of the molecule is O=C(NC1CCCCC1)N1CCc2cc(S(=O)(=O)NC[C@H]3CCCO3)ccc21. The van der Waals surface area contributed by atoms with Gasteiger partial charge in [-0.3, -0.25) is 4.90 Å². The van der Waals surface area contributed by atoms with E-state index in [9.17, 15) is 13.2 Å². The average molecular weight is 408 g/mol. The summed E-state index contributed by atoms with van der Waals surface area (Å²) in [5, 5.41) is 3.14. The maximum atomic E-state index is 12.7. The molecule has 0 bridgehead atoms. The molecule has 1 saturated heterocycles. The van der Waals surface area contributed by atoms with E-state index in [4.69, 9.17) is 4.74 Å². The number of fused-ring (bicyclic) bond motifs is 1. The third kappa shape index (κ3) is 4.34. The van der Waals surface area contributed by atoms with Crippen LogP contribution in [0.1, 0.15) is 50.5 Å². The predicted molar refractivity (Wildman–Crippen MR) is 107 cm³/mol.